The number of aromatic nitrogens is 1. The van der Waals surface area contributed by atoms with Crippen LogP contribution in [-0.2, 0) is 0 Å². The zero-order valence-electron chi connectivity index (χ0n) is 7.49. The van der Waals surface area contributed by atoms with Gasteiger partial charge in [-0.05, 0) is 24.6 Å². The van der Waals surface area contributed by atoms with Crippen molar-refractivity contribution in [3.63, 3.8) is 0 Å². The number of pyridine rings is 1. The first-order chi connectivity index (χ1) is 6.24. The highest BCUT2D eigenvalue weighted by Crippen LogP contribution is 2.09. The van der Waals surface area contributed by atoms with E-state index >= 15 is 0 Å². The second kappa shape index (κ2) is 4.27. The lowest BCUT2D eigenvalue weighted by molar-refractivity contribution is 1.24. The van der Waals surface area contributed by atoms with Crippen molar-refractivity contribution in [2.45, 2.75) is 13.3 Å². The van der Waals surface area contributed by atoms with Crippen LogP contribution in [0, 0.1) is 18.3 Å². The van der Waals surface area contributed by atoms with Crippen LogP contribution in [0.15, 0.2) is 18.2 Å². The van der Waals surface area contributed by atoms with Gasteiger partial charge in [-0.15, -0.1) is 0 Å². The Morgan fingerprint density at radius 3 is 3.08 bits per heavy atom. The van der Waals surface area contributed by atoms with Gasteiger partial charge in [-0.25, -0.2) is 4.98 Å². The Morgan fingerprint density at radius 1 is 1.62 bits per heavy atom. The highest BCUT2D eigenvalue weighted by molar-refractivity contribution is 5.52. The van der Waals surface area contributed by atoms with Gasteiger partial charge in [0, 0.05) is 0 Å². The summed E-state index contributed by atoms with van der Waals surface area (Å²) in [4.78, 5) is 4.13. The number of nitrogen functional groups attached to an aromatic ring is 1. The minimum Gasteiger partial charge on any atom is -0.384 e. The molecule has 1 aromatic rings. The Balaban J connectivity index is 2.88. The van der Waals surface area contributed by atoms with Crippen LogP contribution in [0.4, 0.5) is 5.82 Å². The molecule has 66 valence electrons. The van der Waals surface area contributed by atoms with E-state index in [2.05, 4.69) is 4.98 Å². The molecule has 0 spiro atoms. The van der Waals surface area contributed by atoms with Crippen LogP contribution in [-0.4, -0.2) is 4.98 Å². The van der Waals surface area contributed by atoms with Crippen LogP contribution < -0.4 is 5.73 Å². The van der Waals surface area contributed by atoms with Gasteiger partial charge < -0.3 is 5.73 Å². The lowest BCUT2D eigenvalue weighted by atomic mass is 10.2. The first-order valence-corrected chi connectivity index (χ1v) is 4.00. The number of rotatable bonds is 2. The van der Waals surface area contributed by atoms with Crippen molar-refractivity contribution < 1.29 is 0 Å². The van der Waals surface area contributed by atoms with Gasteiger partial charge in [-0.2, -0.15) is 5.26 Å². The monoisotopic (exact) mass is 173 g/mol. The van der Waals surface area contributed by atoms with Gasteiger partial charge >= 0.3 is 0 Å². The third-order valence-electron chi connectivity index (χ3n) is 1.64. The second-order valence-corrected chi connectivity index (χ2v) is 2.70. The summed E-state index contributed by atoms with van der Waals surface area (Å²) < 4.78 is 0. The molecular formula is C10H11N3. The van der Waals surface area contributed by atoms with E-state index in [4.69, 9.17) is 11.0 Å². The van der Waals surface area contributed by atoms with Gasteiger partial charge in [0.1, 0.15) is 5.82 Å². The fourth-order valence-corrected chi connectivity index (χ4v) is 0.952. The van der Waals surface area contributed by atoms with Crippen LogP contribution in [0.1, 0.15) is 17.7 Å². The van der Waals surface area contributed by atoms with Crippen molar-refractivity contribution in [3.8, 4) is 6.07 Å². The number of allylic oxidation sites excluding steroid dienone is 1. The topological polar surface area (TPSA) is 62.7 Å². The van der Waals surface area contributed by atoms with Gasteiger partial charge in [0.15, 0.2) is 0 Å². The molecule has 0 saturated heterocycles. The Kier molecular flexibility index (Phi) is 3.04. The highest BCUT2D eigenvalue weighted by Gasteiger charge is 1.95. The highest BCUT2D eigenvalue weighted by atomic mass is 14.8. The molecule has 0 aromatic carbocycles. The zero-order chi connectivity index (χ0) is 9.68. The summed E-state index contributed by atoms with van der Waals surface area (Å²) in [6, 6.07) is 5.70. The van der Waals surface area contributed by atoms with Crippen LogP contribution >= 0.6 is 0 Å². The van der Waals surface area contributed by atoms with Crippen molar-refractivity contribution in [2.75, 3.05) is 5.73 Å². The number of hydrogen-bond acceptors (Lipinski definition) is 3. The number of nitrogens with two attached hydrogens (primary N) is 1. The van der Waals surface area contributed by atoms with E-state index in [1.165, 1.54) is 0 Å². The van der Waals surface area contributed by atoms with Crippen molar-refractivity contribution in [1.82, 2.24) is 4.98 Å². The molecule has 1 aromatic heterocycles. The summed E-state index contributed by atoms with van der Waals surface area (Å²) >= 11 is 0. The maximum absolute atomic E-state index is 8.32. The second-order valence-electron chi connectivity index (χ2n) is 2.70. The van der Waals surface area contributed by atoms with Crippen molar-refractivity contribution in [3.05, 3.63) is 29.5 Å². The number of nitriles is 1. The Hall–Kier alpha value is -1.82. The minimum atomic E-state index is 0.399. The SMILES string of the molecule is Cc1ccc(N)nc1C=CCC#N. The van der Waals surface area contributed by atoms with Crippen LogP contribution in [0.3, 0.4) is 0 Å². The lowest BCUT2D eigenvalue weighted by Crippen LogP contribution is -1.93. The Labute approximate surface area is 77.5 Å². The molecule has 13 heavy (non-hydrogen) atoms. The molecule has 3 nitrogen and oxygen atoms in total. The maximum atomic E-state index is 8.32. The van der Waals surface area contributed by atoms with Gasteiger partial charge in [-0.1, -0.05) is 12.1 Å². The average molecular weight is 173 g/mol. The van der Waals surface area contributed by atoms with Crippen molar-refractivity contribution in [2.24, 2.45) is 0 Å². The number of anilines is 1. The van der Waals surface area contributed by atoms with E-state index in [1.54, 1.807) is 12.1 Å². The van der Waals surface area contributed by atoms with E-state index in [0.29, 0.717) is 12.2 Å². The predicted octanol–water partition coefficient (Wildman–Crippen LogP) is 1.90. The third-order valence-corrected chi connectivity index (χ3v) is 1.64. The molecule has 0 radical (unpaired) electrons. The minimum absolute atomic E-state index is 0.399. The van der Waals surface area contributed by atoms with E-state index in [0.717, 1.165) is 11.3 Å². The molecule has 0 unspecified atom stereocenters. The lowest BCUT2D eigenvalue weighted by Gasteiger charge is -1.99. The standard InChI is InChI=1S/C10H11N3/c1-8-5-6-10(12)13-9(8)4-2-3-7-11/h2,4-6H,3H2,1H3,(H2,12,13). The summed E-state index contributed by atoms with van der Waals surface area (Å²) in [5.41, 5.74) is 7.41. The van der Waals surface area contributed by atoms with Gasteiger partial charge in [0.25, 0.3) is 0 Å². The fraction of sp³-hybridized carbons (Fsp3) is 0.200. The molecule has 0 bridgehead atoms. The van der Waals surface area contributed by atoms with Crippen molar-refractivity contribution >= 4 is 11.9 Å². The molecule has 0 aliphatic rings. The summed E-state index contributed by atoms with van der Waals surface area (Å²) in [6.07, 6.45) is 3.99. The quantitative estimate of drug-likeness (QED) is 0.742. The van der Waals surface area contributed by atoms with E-state index in [-0.39, 0.29) is 0 Å². The average Bonchev–Trinajstić information content (AvgIpc) is 2.11. The third kappa shape index (κ3) is 2.60. The van der Waals surface area contributed by atoms with Crippen molar-refractivity contribution in [1.29, 1.82) is 5.26 Å². The maximum Gasteiger partial charge on any atom is 0.124 e. The zero-order valence-corrected chi connectivity index (χ0v) is 7.49. The van der Waals surface area contributed by atoms with E-state index in [1.807, 2.05) is 25.1 Å². The molecule has 0 aliphatic carbocycles. The van der Waals surface area contributed by atoms with Gasteiger partial charge in [0.05, 0.1) is 18.2 Å². The predicted molar refractivity (Wildman–Crippen MR) is 52.7 cm³/mol. The van der Waals surface area contributed by atoms with Crippen LogP contribution in [0.2, 0.25) is 0 Å². The molecule has 0 saturated carbocycles. The normalized spacial score (nSPS) is 10.2. The molecule has 0 amide bonds. The van der Waals surface area contributed by atoms with E-state index in [9.17, 15) is 0 Å². The van der Waals surface area contributed by atoms with Gasteiger partial charge in [-0.3, -0.25) is 0 Å². The van der Waals surface area contributed by atoms with Crippen LogP contribution in [0.25, 0.3) is 6.08 Å². The number of nitrogens with zero attached hydrogens (tertiary/aromatic N) is 2. The first-order valence-electron chi connectivity index (χ1n) is 4.00. The number of hydrogen-bond donors (Lipinski definition) is 1. The Bertz CT molecular complexity index is 361. The molecule has 0 atom stereocenters. The molecule has 2 N–H and O–H groups in total. The van der Waals surface area contributed by atoms with Crippen LogP contribution in [0.5, 0.6) is 0 Å². The fourth-order valence-electron chi connectivity index (χ4n) is 0.952. The molecular weight excluding hydrogens is 162 g/mol. The summed E-state index contributed by atoms with van der Waals surface area (Å²) in [6.45, 7) is 1.96. The van der Waals surface area contributed by atoms with Gasteiger partial charge in [0.2, 0.25) is 0 Å². The largest absolute Gasteiger partial charge is 0.384 e. The summed E-state index contributed by atoms with van der Waals surface area (Å²) in [5.74, 6) is 0.502. The van der Waals surface area contributed by atoms with E-state index < -0.39 is 0 Å². The molecule has 1 heterocycles. The molecule has 0 fully saturated rings. The summed E-state index contributed by atoms with van der Waals surface area (Å²) in [5, 5.41) is 8.32. The molecule has 0 aliphatic heterocycles. The Morgan fingerprint density at radius 2 is 2.38 bits per heavy atom. The molecule has 3 heteroatoms. The summed E-state index contributed by atoms with van der Waals surface area (Å²) in [7, 11) is 0. The molecule has 1 rings (SSSR count). The number of aryl methyl sites for hydroxylation is 1. The first kappa shape index (κ1) is 9.27. The smallest absolute Gasteiger partial charge is 0.124 e.